The van der Waals surface area contributed by atoms with Crippen LogP contribution in [0, 0.1) is 11.2 Å². The standard InChI is InChI=1S/C25H22FN7O3/c1-2-20(35)33(25(36)15-6-4-3-5-7-15)11-9-29-24-21(22(27)30-14-31-24)23(28)32-10-8-16-12-19(34)17(26)13-18(16)32/h2-8,10,12-14,28,34H,1,9,11H2,(H3,27,29,30,31). The van der Waals surface area contributed by atoms with Crippen LogP contribution in [0.4, 0.5) is 16.0 Å². The lowest BCUT2D eigenvalue weighted by Gasteiger charge is -2.20. The first-order valence-electron chi connectivity index (χ1n) is 10.8. The minimum atomic E-state index is -0.832. The monoisotopic (exact) mass is 487 g/mol. The van der Waals surface area contributed by atoms with Gasteiger partial charge in [0, 0.05) is 36.3 Å². The normalized spacial score (nSPS) is 10.7. The van der Waals surface area contributed by atoms with E-state index >= 15 is 0 Å². The molecule has 0 unspecified atom stereocenters. The summed E-state index contributed by atoms with van der Waals surface area (Å²) in [6.07, 6.45) is 3.80. The number of hydrogen-bond acceptors (Lipinski definition) is 8. The summed E-state index contributed by atoms with van der Waals surface area (Å²) in [7, 11) is 0. The van der Waals surface area contributed by atoms with Crippen molar-refractivity contribution in [2.45, 2.75) is 0 Å². The van der Waals surface area contributed by atoms with E-state index in [0.29, 0.717) is 16.5 Å². The molecule has 4 aromatic rings. The highest BCUT2D eigenvalue weighted by atomic mass is 19.1. The fourth-order valence-electron chi connectivity index (χ4n) is 3.67. The van der Waals surface area contributed by atoms with E-state index in [1.807, 2.05) is 0 Å². The number of carbonyl (C=O) groups is 2. The first-order valence-corrected chi connectivity index (χ1v) is 10.8. The number of aromatic nitrogens is 3. The summed E-state index contributed by atoms with van der Waals surface area (Å²) in [4.78, 5) is 34.4. The Balaban J connectivity index is 1.58. The summed E-state index contributed by atoms with van der Waals surface area (Å²) in [6.45, 7) is 3.53. The Bertz CT molecular complexity index is 1480. The van der Waals surface area contributed by atoms with Crippen LogP contribution >= 0.6 is 0 Å². The topological polar surface area (TPSA) is 150 Å². The van der Waals surface area contributed by atoms with Gasteiger partial charge in [0.25, 0.3) is 11.8 Å². The number of carbonyl (C=O) groups excluding carboxylic acids is 2. The molecule has 0 aliphatic heterocycles. The molecule has 36 heavy (non-hydrogen) atoms. The van der Waals surface area contributed by atoms with Crippen LogP contribution in [0.2, 0.25) is 0 Å². The number of fused-ring (bicyclic) bond motifs is 1. The molecule has 0 aliphatic rings. The van der Waals surface area contributed by atoms with Crippen molar-refractivity contribution in [3.05, 3.63) is 90.7 Å². The maximum Gasteiger partial charge on any atom is 0.260 e. The van der Waals surface area contributed by atoms with Crippen LogP contribution in [-0.4, -0.2) is 55.3 Å². The number of phenols is 1. The van der Waals surface area contributed by atoms with E-state index in [-0.39, 0.29) is 36.1 Å². The van der Waals surface area contributed by atoms with Crippen LogP contribution in [-0.2, 0) is 4.79 Å². The van der Waals surface area contributed by atoms with Gasteiger partial charge in [0.1, 0.15) is 29.4 Å². The van der Waals surface area contributed by atoms with Crippen molar-refractivity contribution in [1.29, 1.82) is 5.41 Å². The number of nitrogens with zero attached hydrogens (tertiary/aromatic N) is 4. The molecule has 2 amide bonds. The Hall–Kier alpha value is -5.06. The molecule has 182 valence electrons. The summed E-state index contributed by atoms with van der Waals surface area (Å²) in [5, 5.41) is 21.9. The number of nitrogens with two attached hydrogens (primary N) is 1. The Morgan fingerprint density at radius 1 is 1.22 bits per heavy atom. The van der Waals surface area contributed by atoms with Gasteiger partial charge in [0.05, 0.1) is 5.52 Å². The third-order valence-electron chi connectivity index (χ3n) is 5.45. The van der Waals surface area contributed by atoms with Gasteiger partial charge >= 0.3 is 0 Å². The Morgan fingerprint density at radius 3 is 2.69 bits per heavy atom. The molecule has 10 nitrogen and oxygen atoms in total. The second-order valence-corrected chi connectivity index (χ2v) is 7.67. The number of nitrogen functional groups attached to an aromatic ring is 1. The van der Waals surface area contributed by atoms with Gasteiger partial charge in [-0.2, -0.15) is 0 Å². The summed E-state index contributed by atoms with van der Waals surface area (Å²) in [5.74, 6) is -2.34. The average molecular weight is 487 g/mol. The molecule has 0 aliphatic carbocycles. The zero-order chi connectivity index (χ0) is 25.8. The smallest absolute Gasteiger partial charge is 0.260 e. The van der Waals surface area contributed by atoms with Crippen LogP contribution in [0.1, 0.15) is 15.9 Å². The lowest BCUT2D eigenvalue weighted by atomic mass is 10.2. The highest BCUT2D eigenvalue weighted by Gasteiger charge is 2.22. The van der Waals surface area contributed by atoms with E-state index in [1.54, 1.807) is 36.4 Å². The number of aromatic hydroxyl groups is 1. The first-order chi connectivity index (χ1) is 17.3. The lowest BCUT2D eigenvalue weighted by Crippen LogP contribution is -2.39. The largest absolute Gasteiger partial charge is 0.505 e. The number of halogens is 1. The highest BCUT2D eigenvalue weighted by Crippen LogP contribution is 2.27. The van der Waals surface area contributed by atoms with Gasteiger partial charge in [0.2, 0.25) is 0 Å². The molecule has 0 spiro atoms. The fraction of sp³-hybridized carbons (Fsp3) is 0.0800. The maximum absolute atomic E-state index is 14.0. The van der Waals surface area contributed by atoms with E-state index in [0.717, 1.165) is 17.0 Å². The van der Waals surface area contributed by atoms with Gasteiger partial charge in [-0.1, -0.05) is 24.8 Å². The molecule has 0 saturated carbocycles. The van der Waals surface area contributed by atoms with Gasteiger partial charge in [-0.15, -0.1) is 0 Å². The molecule has 2 heterocycles. The van der Waals surface area contributed by atoms with Gasteiger partial charge < -0.3 is 20.7 Å². The van der Waals surface area contributed by atoms with Gasteiger partial charge in [-0.25, -0.2) is 14.4 Å². The van der Waals surface area contributed by atoms with Crippen molar-refractivity contribution in [2.75, 3.05) is 24.1 Å². The Kier molecular flexibility index (Phi) is 6.72. The highest BCUT2D eigenvalue weighted by molar-refractivity contribution is 6.10. The zero-order valence-electron chi connectivity index (χ0n) is 19.0. The average Bonchev–Trinajstić information content (AvgIpc) is 3.28. The molecule has 2 aromatic carbocycles. The van der Waals surface area contributed by atoms with E-state index in [9.17, 15) is 19.1 Å². The third kappa shape index (κ3) is 4.62. The molecule has 5 N–H and O–H groups in total. The molecule has 4 rings (SSSR count). The van der Waals surface area contributed by atoms with E-state index in [4.69, 9.17) is 11.1 Å². The van der Waals surface area contributed by atoms with Crippen LogP contribution in [0.15, 0.2) is 73.7 Å². The number of anilines is 2. The van der Waals surface area contributed by atoms with Crippen molar-refractivity contribution in [2.24, 2.45) is 0 Å². The van der Waals surface area contributed by atoms with Crippen molar-refractivity contribution in [3.8, 4) is 5.75 Å². The quantitative estimate of drug-likeness (QED) is 0.178. The number of benzene rings is 2. The number of hydrogen-bond donors (Lipinski definition) is 4. The fourth-order valence-corrected chi connectivity index (χ4v) is 3.67. The molecule has 11 heteroatoms. The van der Waals surface area contributed by atoms with Gasteiger partial charge in [0.15, 0.2) is 11.6 Å². The number of phenolic OH excluding ortho intramolecular Hbond substituents is 1. The molecule has 2 aromatic heterocycles. The predicted molar refractivity (Wildman–Crippen MR) is 133 cm³/mol. The minimum Gasteiger partial charge on any atom is -0.505 e. The lowest BCUT2D eigenvalue weighted by molar-refractivity contribution is -0.123. The van der Waals surface area contributed by atoms with E-state index in [2.05, 4.69) is 21.9 Å². The number of amides is 2. The summed E-state index contributed by atoms with van der Waals surface area (Å²) in [5.41, 5.74) is 6.88. The SMILES string of the molecule is C=CC(=O)N(CCNc1ncnc(N)c1C(=N)n1ccc2cc(O)c(F)cc21)C(=O)c1ccccc1. The van der Waals surface area contributed by atoms with Crippen molar-refractivity contribution >= 4 is 40.2 Å². The third-order valence-corrected chi connectivity index (χ3v) is 5.45. The molecule has 0 fully saturated rings. The van der Waals surface area contributed by atoms with Crippen LogP contribution in [0.5, 0.6) is 5.75 Å². The second kappa shape index (κ2) is 10.1. The number of imide groups is 1. The molecular weight excluding hydrogens is 465 g/mol. The maximum atomic E-state index is 14.0. The van der Waals surface area contributed by atoms with Crippen LogP contribution in [0.25, 0.3) is 10.9 Å². The molecule has 0 radical (unpaired) electrons. The van der Waals surface area contributed by atoms with Gasteiger partial charge in [-0.05, 0) is 30.3 Å². The Labute approximate surface area is 205 Å². The molecular formula is C25H22FN7O3. The van der Waals surface area contributed by atoms with Crippen molar-refractivity contribution < 1.29 is 19.1 Å². The minimum absolute atomic E-state index is 0.00186. The van der Waals surface area contributed by atoms with Crippen LogP contribution in [0.3, 0.4) is 0 Å². The summed E-state index contributed by atoms with van der Waals surface area (Å²) >= 11 is 0. The van der Waals surface area contributed by atoms with Crippen molar-refractivity contribution in [3.63, 3.8) is 0 Å². The predicted octanol–water partition coefficient (Wildman–Crippen LogP) is 3.00. The van der Waals surface area contributed by atoms with E-state index < -0.39 is 23.4 Å². The summed E-state index contributed by atoms with van der Waals surface area (Å²) < 4.78 is 15.4. The second-order valence-electron chi connectivity index (χ2n) is 7.67. The van der Waals surface area contributed by atoms with Crippen LogP contribution < -0.4 is 11.1 Å². The number of rotatable bonds is 7. The van der Waals surface area contributed by atoms with E-state index in [1.165, 1.54) is 23.2 Å². The molecule has 0 atom stereocenters. The zero-order valence-corrected chi connectivity index (χ0v) is 19.0. The van der Waals surface area contributed by atoms with Gasteiger partial charge in [-0.3, -0.25) is 19.9 Å². The van der Waals surface area contributed by atoms with Crippen molar-refractivity contribution in [1.82, 2.24) is 19.4 Å². The first kappa shape index (κ1) is 24.1. The Morgan fingerprint density at radius 2 is 1.97 bits per heavy atom. The number of nitrogens with one attached hydrogen (secondary N) is 2. The summed E-state index contributed by atoms with van der Waals surface area (Å²) in [6, 6.07) is 12.3. The molecule has 0 saturated heterocycles. The molecule has 0 bridgehead atoms.